The van der Waals surface area contributed by atoms with E-state index in [1.807, 2.05) is 52.0 Å². The lowest BCUT2D eigenvalue weighted by Gasteiger charge is -2.34. The Balaban J connectivity index is 2.46. The molecule has 0 bridgehead atoms. The number of halogens is 1. The first-order chi connectivity index (χ1) is 16.9. The first kappa shape index (κ1) is 29.3. The maximum absolute atomic E-state index is 13.7. The van der Waals surface area contributed by atoms with E-state index in [0.717, 1.165) is 31.9 Å². The van der Waals surface area contributed by atoms with Crippen LogP contribution in [0.1, 0.15) is 38.3 Å². The summed E-state index contributed by atoms with van der Waals surface area (Å²) in [4.78, 5) is 28.2. The molecular weight excluding hydrogens is 483 g/mol. The van der Waals surface area contributed by atoms with Gasteiger partial charge in [-0.3, -0.25) is 9.59 Å². The van der Waals surface area contributed by atoms with Gasteiger partial charge < -0.3 is 10.2 Å². The Hall–Kier alpha value is -2.98. The summed E-state index contributed by atoms with van der Waals surface area (Å²) in [5.74, 6) is -1.14. The van der Waals surface area contributed by atoms with Crippen LogP contribution in [0.25, 0.3) is 0 Å². The number of amides is 2. The Labute approximate surface area is 214 Å². The van der Waals surface area contributed by atoms with Crippen LogP contribution >= 0.6 is 0 Å². The van der Waals surface area contributed by atoms with Gasteiger partial charge in [0.25, 0.3) is 0 Å². The van der Waals surface area contributed by atoms with Crippen molar-refractivity contribution < 1.29 is 22.4 Å². The normalized spacial score (nSPS) is 12.5. The van der Waals surface area contributed by atoms with Gasteiger partial charge in [-0.25, -0.2) is 8.70 Å². The van der Waals surface area contributed by atoms with Crippen LogP contribution in [-0.4, -0.2) is 62.7 Å². The van der Waals surface area contributed by atoms with Crippen LogP contribution in [-0.2, 0) is 26.3 Å². The molecule has 0 spiro atoms. The van der Waals surface area contributed by atoms with Crippen molar-refractivity contribution in [1.29, 1.82) is 0 Å². The molecule has 2 aromatic carbocycles. The highest BCUT2D eigenvalue weighted by atomic mass is 32.2. The van der Waals surface area contributed by atoms with E-state index in [1.165, 1.54) is 31.1 Å². The topological polar surface area (TPSA) is 90.0 Å². The second-order valence-electron chi connectivity index (χ2n) is 9.34. The van der Waals surface area contributed by atoms with Crippen molar-refractivity contribution >= 4 is 27.7 Å². The van der Waals surface area contributed by atoms with Crippen molar-refractivity contribution in [2.24, 2.45) is 5.92 Å². The van der Waals surface area contributed by atoms with Crippen LogP contribution in [0.5, 0.6) is 0 Å². The molecule has 0 saturated heterocycles. The zero-order chi connectivity index (χ0) is 27.0. The van der Waals surface area contributed by atoms with E-state index in [9.17, 15) is 22.4 Å². The average molecular weight is 521 g/mol. The molecule has 0 aliphatic heterocycles. The summed E-state index contributed by atoms with van der Waals surface area (Å²) in [6.07, 6.45) is 0.346. The van der Waals surface area contributed by atoms with Crippen LogP contribution in [0.3, 0.4) is 0 Å². The third-order valence-electron chi connectivity index (χ3n) is 5.68. The second kappa shape index (κ2) is 12.8. The van der Waals surface area contributed by atoms with Crippen molar-refractivity contribution in [2.45, 2.75) is 46.7 Å². The van der Waals surface area contributed by atoms with E-state index in [1.54, 1.807) is 0 Å². The second-order valence-corrected chi connectivity index (χ2v) is 11.4. The van der Waals surface area contributed by atoms with Gasteiger partial charge in [0.15, 0.2) is 0 Å². The molecule has 1 atom stereocenters. The Bertz CT molecular complexity index is 1120. The number of hydrogen-bond acceptors (Lipinski definition) is 4. The molecule has 0 aromatic heterocycles. The monoisotopic (exact) mass is 520 g/mol. The van der Waals surface area contributed by atoms with Gasteiger partial charge in [0.1, 0.15) is 18.4 Å². The van der Waals surface area contributed by atoms with E-state index >= 15 is 0 Å². The minimum absolute atomic E-state index is 0.131. The molecule has 0 saturated carbocycles. The molecule has 0 aliphatic carbocycles. The van der Waals surface area contributed by atoms with Gasteiger partial charge in [0.2, 0.25) is 11.8 Å². The number of anilines is 1. The molecule has 2 rings (SSSR count). The van der Waals surface area contributed by atoms with Crippen LogP contribution in [0.2, 0.25) is 0 Å². The van der Waals surface area contributed by atoms with Crippen molar-refractivity contribution in [3.63, 3.8) is 0 Å². The standard InChI is InChI=1S/C26H37FN4O4S/c1-7-24(26(33)28-16-19(2)3)30(17-21-10-8-20(4)9-11-21)25(32)18-31(36(34,35)29(5)6)23-14-12-22(27)13-15-23/h8-15,19,24H,7,16-18H2,1-6H3,(H,28,33)/t24-/m0/s1. The average Bonchev–Trinajstić information content (AvgIpc) is 2.82. The van der Waals surface area contributed by atoms with E-state index in [2.05, 4.69) is 5.32 Å². The summed E-state index contributed by atoms with van der Waals surface area (Å²) in [7, 11) is -1.38. The third kappa shape index (κ3) is 7.76. The first-order valence-electron chi connectivity index (χ1n) is 11.9. The van der Waals surface area contributed by atoms with Crippen molar-refractivity contribution in [1.82, 2.24) is 14.5 Å². The van der Waals surface area contributed by atoms with Gasteiger partial charge in [-0.05, 0) is 49.1 Å². The van der Waals surface area contributed by atoms with Crippen LogP contribution < -0.4 is 9.62 Å². The number of carbonyl (C=O) groups is 2. The molecule has 0 radical (unpaired) electrons. The summed E-state index contributed by atoms with van der Waals surface area (Å²) >= 11 is 0. The molecule has 10 heteroatoms. The van der Waals surface area contributed by atoms with Gasteiger partial charge in [0, 0.05) is 27.2 Å². The molecule has 0 fully saturated rings. The predicted octanol–water partition coefficient (Wildman–Crippen LogP) is 3.33. The van der Waals surface area contributed by atoms with Crippen LogP contribution in [0.4, 0.5) is 10.1 Å². The fourth-order valence-corrected chi connectivity index (χ4v) is 4.61. The lowest BCUT2D eigenvalue weighted by Crippen LogP contribution is -2.53. The molecule has 0 aliphatic rings. The number of benzene rings is 2. The molecule has 36 heavy (non-hydrogen) atoms. The summed E-state index contributed by atoms with van der Waals surface area (Å²) in [6.45, 7) is 7.75. The lowest BCUT2D eigenvalue weighted by atomic mass is 10.1. The van der Waals surface area contributed by atoms with Crippen molar-refractivity contribution in [2.75, 3.05) is 31.5 Å². The summed E-state index contributed by atoms with van der Waals surface area (Å²) < 4.78 is 41.7. The van der Waals surface area contributed by atoms with Gasteiger partial charge in [0.05, 0.1) is 5.69 Å². The fourth-order valence-electron chi connectivity index (χ4n) is 3.56. The SMILES string of the molecule is CC[C@@H](C(=O)NCC(C)C)N(Cc1ccc(C)cc1)C(=O)CN(c1ccc(F)cc1)S(=O)(=O)N(C)C. The number of aryl methyl sites for hydroxylation is 1. The highest BCUT2D eigenvalue weighted by molar-refractivity contribution is 7.90. The van der Waals surface area contributed by atoms with Crippen LogP contribution in [0.15, 0.2) is 48.5 Å². The first-order valence-corrected chi connectivity index (χ1v) is 13.3. The zero-order valence-corrected chi connectivity index (χ0v) is 22.7. The van der Waals surface area contributed by atoms with Gasteiger partial charge >= 0.3 is 10.2 Å². The Morgan fingerprint density at radius 1 is 1.00 bits per heavy atom. The summed E-state index contributed by atoms with van der Waals surface area (Å²) in [5.41, 5.74) is 2.01. The fraction of sp³-hybridized carbons (Fsp3) is 0.462. The zero-order valence-electron chi connectivity index (χ0n) is 21.9. The lowest BCUT2D eigenvalue weighted by molar-refractivity contribution is -0.140. The number of hydrogen-bond donors (Lipinski definition) is 1. The quantitative estimate of drug-likeness (QED) is 0.465. The maximum atomic E-state index is 13.7. The van der Waals surface area contributed by atoms with Crippen LogP contribution in [0, 0.1) is 18.7 Å². The molecule has 198 valence electrons. The highest BCUT2D eigenvalue weighted by Crippen LogP contribution is 2.22. The van der Waals surface area contributed by atoms with Gasteiger partial charge in [-0.15, -0.1) is 0 Å². The predicted molar refractivity (Wildman–Crippen MR) is 140 cm³/mol. The molecular formula is C26H37FN4O4S. The molecule has 0 heterocycles. The molecule has 2 aromatic rings. The van der Waals surface area contributed by atoms with E-state index in [0.29, 0.717) is 13.0 Å². The number of rotatable bonds is 12. The Kier molecular flexibility index (Phi) is 10.4. The molecule has 8 nitrogen and oxygen atoms in total. The third-order valence-corrected chi connectivity index (χ3v) is 7.50. The number of carbonyl (C=O) groups excluding carboxylic acids is 2. The molecule has 2 amide bonds. The minimum atomic E-state index is -4.09. The molecule has 1 N–H and O–H groups in total. The smallest absolute Gasteiger partial charge is 0.304 e. The summed E-state index contributed by atoms with van der Waals surface area (Å²) in [6, 6.07) is 11.7. The Morgan fingerprint density at radius 3 is 2.08 bits per heavy atom. The van der Waals surface area contributed by atoms with Crippen molar-refractivity contribution in [3.05, 3.63) is 65.5 Å². The van der Waals surface area contributed by atoms with Gasteiger partial charge in [-0.1, -0.05) is 50.6 Å². The number of nitrogens with zero attached hydrogens (tertiary/aromatic N) is 3. The highest BCUT2D eigenvalue weighted by Gasteiger charge is 2.33. The minimum Gasteiger partial charge on any atom is -0.354 e. The van der Waals surface area contributed by atoms with E-state index < -0.39 is 34.5 Å². The van der Waals surface area contributed by atoms with E-state index in [4.69, 9.17) is 0 Å². The van der Waals surface area contributed by atoms with E-state index in [-0.39, 0.29) is 24.1 Å². The Morgan fingerprint density at radius 2 is 1.58 bits per heavy atom. The summed E-state index contributed by atoms with van der Waals surface area (Å²) in [5, 5.41) is 2.89. The number of nitrogens with one attached hydrogen (secondary N) is 1. The molecule has 0 unspecified atom stereocenters. The largest absolute Gasteiger partial charge is 0.354 e. The maximum Gasteiger partial charge on any atom is 0.304 e. The van der Waals surface area contributed by atoms with Crippen molar-refractivity contribution in [3.8, 4) is 0 Å². The van der Waals surface area contributed by atoms with Gasteiger partial charge in [-0.2, -0.15) is 12.7 Å².